The lowest BCUT2D eigenvalue weighted by atomic mass is 10.1. The van der Waals surface area contributed by atoms with E-state index in [1.165, 1.54) is 27.4 Å². The third-order valence-electron chi connectivity index (χ3n) is 7.30. The molecule has 0 saturated carbocycles. The van der Waals surface area contributed by atoms with Crippen molar-refractivity contribution < 1.29 is 43.0 Å². The van der Waals surface area contributed by atoms with Crippen molar-refractivity contribution in [1.29, 1.82) is 0 Å². The van der Waals surface area contributed by atoms with Gasteiger partial charge in [-0.05, 0) is 89.9 Å². The number of carbonyl (C=O) groups excluding carboxylic acids is 6. The first-order valence-electron chi connectivity index (χ1n) is 17.7. The summed E-state index contributed by atoms with van der Waals surface area (Å²) in [5, 5.41) is 7.88. The zero-order valence-corrected chi connectivity index (χ0v) is 33.3. The Balaban J connectivity index is 0.000000818. The van der Waals surface area contributed by atoms with Gasteiger partial charge in [0.2, 0.25) is 0 Å². The molecule has 3 aromatic rings. The average molecular weight is 784 g/mol. The van der Waals surface area contributed by atoms with E-state index in [4.69, 9.17) is 4.74 Å². The molecule has 0 heterocycles. The quantitative estimate of drug-likeness (QED) is 0.0500. The number of nitrogens with one attached hydrogen (secondary N) is 3. The molecule has 0 radical (unpaired) electrons. The van der Waals surface area contributed by atoms with E-state index < -0.39 is 30.0 Å². The summed E-state index contributed by atoms with van der Waals surface area (Å²) in [6, 6.07) is 24.9. The molecule has 0 aliphatic rings. The topological polar surface area (TPSA) is 166 Å². The van der Waals surface area contributed by atoms with Gasteiger partial charge in [0.1, 0.15) is 17.8 Å². The van der Waals surface area contributed by atoms with E-state index in [-0.39, 0.29) is 30.8 Å². The summed E-state index contributed by atoms with van der Waals surface area (Å²) < 4.78 is 14.0. The summed E-state index contributed by atoms with van der Waals surface area (Å²) in [5.74, 6) is -2.38. The zero-order valence-electron chi connectivity index (χ0n) is 33.3. The van der Waals surface area contributed by atoms with Crippen LogP contribution in [0.15, 0.2) is 138 Å². The minimum atomic E-state index is -0.660. The molecule has 0 bridgehead atoms. The molecule has 3 N–H and O–H groups in total. The van der Waals surface area contributed by atoms with Gasteiger partial charge in [0.25, 0.3) is 17.7 Å². The van der Waals surface area contributed by atoms with Gasteiger partial charge in [-0.2, -0.15) is 0 Å². The number of methoxy groups -OCH3 is 3. The first kappa shape index (κ1) is 50.4. The van der Waals surface area contributed by atoms with E-state index in [1.807, 2.05) is 71.0 Å². The van der Waals surface area contributed by atoms with Crippen molar-refractivity contribution in [2.24, 2.45) is 0 Å². The molecule has 12 nitrogen and oxygen atoms in total. The van der Waals surface area contributed by atoms with E-state index in [1.54, 1.807) is 78.9 Å². The van der Waals surface area contributed by atoms with E-state index >= 15 is 0 Å². The maximum absolute atomic E-state index is 12.0. The van der Waals surface area contributed by atoms with Crippen molar-refractivity contribution in [1.82, 2.24) is 16.0 Å². The molecular formula is C45H57N3O9. The predicted octanol–water partition coefficient (Wildman–Crippen LogP) is 7.31. The summed E-state index contributed by atoms with van der Waals surface area (Å²) in [4.78, 5) is 70.5. The molecule has 306 valence electrons. The molecule has 0 fully saturated rings. The van der Waals surface area contributed by atoms with Crippen LogP contribution in [-0.2, 0) is 28.6 Å². The molecule has 0 saturated heterocycles. The lowest BCUT2D eigenvalue weighted by molar-refractivity contribution is -0.143. The first-order chi connectivity index (χ1) is 26.8. The van der Waals surface area contributed by atoms with E-state index in [2.05, 4.69) is 25.4 Å². The Labute approximate surface area is 337 Å². The number of benzene rings is 3. The Bertz CT molecular complexity index is 1830. The van der Waals surface area contributed by atoms with E-state index in [0.29, 0.717) is 29.5 Å². The molecule has 0 spiro atoms. The monoisotopic (exact) mass is 783 g/mol. The minimum Gasteiger partial charge on any atom is -0.467 e. The van der Waals surface area contributed by atoms with Crippen LogP contribution < -0.4 is 16.0 Å². The number of amides is 3. The van der Waals surface area contributed by atoms with Gasteiger partial charge in [-0.15, -0.1) is 0 Å². The highest BCUT2D eigenvalue weighted by molar-refractivity contribution is 6.01. The molecule has 3 aromatic carbocycles. The Kier molecular flexibility index (Phi) is 25.5. The Morgan fingerprint density at radius 1 is 0.561 bits per heavy atom. The van der Waals surface area contributed by atoms with Crippen LogP contribution in [0, 0.1) is 0 Å². The third kappa shape index (κ3) is 20.6. The highest BCUT2D eigenvalue weighted by Crippen LogP contribution is 2.06. The molecule has 0 aliphatic carbocycles. The third-order valence-corrected chi connectivity index (χ3v) is 7.30. The highest BCUT2D eigenvalue weighted by atomic mass is 16.5. The van der Waals surface area contributed by atoms with Crippen LogP contribution in [0.2, 0.25) is 0 Å². The van der Waals surface area contributed by atoms with Gasteiger partial charge in [-0.3, -0.25) is 14.4 Å². The fraction of sp³-hybridized carbons (Fsp3) is 0.289. The fourth-order valence-corrected chi connectivity index (χ4v) is 4.31. The van der Waals surface area contributed by atoms with Crippen LogP contribution in [-0.4, -0.2) is 69.0 Å². The molecular weight excluding hydrogens is 727 g/mol. The fourth-order valence-electron chi connectivity index (χ4n) is 4.31. The number of hydrogen-bond donors (Lipinski definition) is 3. The summed E-state index contributed by atoms with van der Waals surface area (Å²) in [5.41, 5.74) is 3.73. The standard InChI is InChI=1S/C15H19NO3.C15H17NO3.C14H17NO3.CH4/c2*1-11(2)9-10-13(15(18)19-3)16-14(17)12-7-5-4-6-8-12;1-3-4-10-12(14(17)18-2)15-13(16)11-8-6-5-7-9-11;/h4-9,13H,10H2,1-3H3,(H,16,17);4-10H,1-3H3,(H,16,17);3-9,12H,10H2,1-2H3,(H,15,16);1H4/b;13-10-;;/t13-;;12-;/m0.0./s1. The number of allylic oxidation sites excluding steroid dienone is 5. The van der Waals surface area contributed by atoms with Crippen molar-refractivity contribution in [3.63, 3.8) is 0 Å². The summed E-state index contributed by atoms with van der Waals surface area (Å²) in [6.45, 7) is 9.52. The zero-order chi connectivity index (χ0) is 41.9. The molecule has 3 amide bonds. The summed E-state index contributed by atoms with van der Waals surface area (Å²) in [7, 11) is 3.89. The lowest BCUT2D eigenvalue weighted by Gasteiger charge is -2.15. The van der Waals surface area contributed by atoms with Gasteiger partial charge >= 0.3 is 17.9 Å². The molecule has 3 rings (SSSR count). The number of carbonyl (C=O) groups is 6. The van der Waals surface area contributed by atoms with Crippen LogP contribution >= 0.6 is 0 Å². The second kappa shape index (κ2) is 28.8. The van der Waals surface area contributed by atoms with Crippen molar-refractivity contribution in [3.8, 4) is 0 Å². The van der Waals surface area contributed by atoms with Crippen LogP contribution in [0.1, 0.15) is 86.0 Å². The smallest absolute Gasteiger partial charge is 0.354 e. The van der Waals surface area contributed by atoms with Gasteiger partial charge in [-0.1, -0.05) is 97.5 Å². The molecule has 12 heteroatoms. The van der Waals surface area contributed by atoms with Gasteiger partial charge in [0.05, 0.1) is 21.3 Å². The van der Waals surface area contributed by atoms with Gasteiger partial charge in [0.15, 0.2) is 0 Å². The van der Waals surface area contributed by atoms with Crippen molar-refractivity contribution in [2.45, 2.75) is 67.0 Å². The number of rotatable bonds is 14. The van der Waals surface area contributed by atoms with E-state index in [0.717, 1.165) is 11.1 Å². The number of ether oxygens (including phenoxy) is 3. The Hall–Kier alpha value is -6.56. The summed E-state index contributed by atoms with van der Waals surface area (Å²) >= 11 is 0. The second-order valence-corrected chi connectivity index (χ2v) is 12.3. The van der Waals surface area contributed by atoms with Gasteiger partial charge < -0.3 is 30.2 Å². The largest absolute Gasteiger partial charge is 0.467 e. The lowest BCUT2D eigenvalue weighted by Crippen LogP contribution is -2.41. The van der Waals surface area contributed by atoms with Crippen LogP contribution in [0.4, 0.5) is 0 Å². The van der Waals surface area contributed by atoms with Crippen LogP contribution in [0.3, 0.4) is 0 Å². The molecule has 0 aromatic heterocycles. The molecule has 0 aliphatic heterocycles. The molecule has 57 heavy (non-hydrogen) atoms. The second-order valence-electron chi connectivity index (χ2n) is 12.3. The number of esters is 3. The summed E-state index contributed by atoms with van der Waals surface area (Å²) in [6.07, 6.45) is 9.64. The Morgan fingerprint density at radius 3 is 1.32 bits per heavy atom. The van der Waals surface area contributed by atoms with Crippen molar-refractivity contribution >= 4 is 35.6 Å². The van der Waals surface area contributed by atoms with Crippen LogP contribution in [0.25, 0.3) is 0 Å². The number of hydrogen-bond acceptors (Lipinski definition) is 9. The van der Waals surface area contributed by atoms with Gasteiger partial charge in [0, 0.05) is 16.7 Å². The SMILES string of the molecule is C.CC=CC[C@H](NC(=O)c1ccccc1)C(=O)OC.COC(=O)/C(=C/C=C(C)C)NC(=O)c1ccccc1.COC(=O)[C@H](CC=C(C)C)NC(=O)c1ccccc1. The van der Waals surface area contributed by atoms with Crippen LogP contribution in [0.5, 0.6) is 0 Å². The Morgan fingerprint density at radius 2 is 0.965 bits per heavy atom. The minimum absolute atomic E-state index is 0. The van der Waals surface area contributed by atoms with E-state index in [9.17, 15) is 28.8 Å². The molecule has 0 unspecified atom stereocenters. The predicted molar refractivity (Wildman–Crippen MR) is 223 cm³/mol. The highest BCUT2D eigenvalue weighted by Gasteiger charge is 2.22. The normalized spacial score (nSPS) is 11.1. The van der Waals surface area contributed by atoms with Gasteiger partial charge in [-0.25, -0.2) is 14.4 Å². The maximum Gasteiger partial charge on any atom is 0.354 e. The average Bonchev–Trinajstić information content (AvgIpc) is 3.22. The maximum atomic E-state index is 12.0. The van der Waals surface area contributed by atoms with Crippen molar-refractivity contribution in [2.75, 3.05) is 21.3 Å². The van der Waals surface area contributed by atoms with Crippen molar-refractivity contribution in [3.05, 3.63) is 155 Å². The molecule has 2 atom stereocenters. The first-order valence-corrected chi connectivity index (χ1v) is 17.7.